The van der Waals surface area contributed by atoms with E-state index in [0.29, 0.717) is 17.5 Å². The van der Waals surface area contributed by atoms with Gasteiger partial charge in [-0.15, -0.1) is 0 Å². The van der Waals surface area contributed by atoms with Crippen LogP contribution in [0, 0.1) is 12.8 Å². The Kier molecular flexibility index (Phi) is 4.82. The Morgan fingerprint density at radius 2 is 1.86 bits per heavy atom. The van der Waals surface area contributed by atoms with Crippen molar-refractivity contribution >= 4 is 16.8 Å². The van der Waals surface area contributed by atoms with Crippen LogP contribution in [-0.4, -0.2) is 38.4 Å². The molecule has 150 valence electrons. The molecule has 1 aliphatic carbocycles. The van der Waals surface area contributed by atoms with Gasteiger partial charge in [0, 0.05) is 42.8 Å². The molecule has 0 N–H and O–H groups in total. The van der Waals surface area contributed by atoms with Crippen LogP contribution in [0.5, 0.6) is 0 Å². The van der Waals surface area contributed by atoms with Gasteiger partial charge in [-0.2, -0.15) is 0 Å². The largest absolute Gasteiger partial charge is 0.337 e. The Morgan fingerprint density at radius 1 is 1.07 bits per heavy atom. The van der Waals surface area contributed by atoms with E-state index in [1.54, 1.807) is 0 Å². The van der Waals surface area contributed by atoms with Gasteiger partial charge in [0.1, 0.15) is 11.5 Å². The summed E-state index contributed by atoms with van der Waals surface area (Å²) in [5, 5.41) is 1.07. The Balaban J connectivity index is 1.18. The van der Waals surface area contributed by atoms with Crippen molar-refractivity contribution in [2.75, 3.05) is 13.1 Å². The molecule has 3 aromatic rings. The van der Waals surface area contributed by atoms with Gasteiger partial charge in [-0.25, -0.2) is 9.97 Å². The van der Waals surface area contributed by atoms with Crippen LogP contribution >= 0.6 is 0 Å². The second-order valence-electron chi connectivity index (χ2n) is 8.60. The van der Waals surface area contributed by atoms with Crippen LogP contribution in [0.2, 0.25) is 0 Å². The maximum absolute atomic E-state index is 12.9. The van der Waals surface area contributed by atoms with Gasteiger partial charge < -0.3 is 9.47 Å². The third-order valence-corrected chi connectivity index (χ3v) is 6.51. The van der Waals surface area contributed by atoms with E-state index in [-0.39, 0.29) is 5.91 Å². The molecule has 0 bridgehead atoms. The minimum absolute atomic E-state index is 0.0654. The van der Waals surface area contributed by atoms with E-state index >= 15 is 0 Å². The number of nitrogens with zero attached hydrogens (tertiary/aromatic N) is 4. The fourth-order valence-corrected chi connectivity index (χ4v) is 4.52. The van der Waals surface area contributed by atoms with Crippen LogP contribution < -0.4 is 0 Å². The van der Waals surface area contributed by atoms with Crippen molar-refractivity contribution in [1.82, 2.24) is 19.4 Å². The molecule has 0 radical (unpaired) electrons. The van der Waals surface area contributed by atoms with Crippen LogP contribution in [0.4, 0.5) is 0 Å². The maximum Gasteiger partial charge on any atom is 0.272 e. The highest BCUT2D eigenvalue weighted by Crippen LogP contribution is 2.39. The number of benzene rings is 1. The van der Waals surface area contributed by atoms with Crippen LogP contribution in [-0.2, 0) is 6.54 Å². The van der Waals surface area contributed by atoms with Crippen LogP contribution in [0.3, 0.4) is 0 Å². The highest BCUT2D eigenvalue weighted by atomic mass is 16.2. The summed E-state index contributed by atoms with van der Waals surface area (Å²) in [5.41, 5.74) is 2.72. The molecule has 5 heteroatoms. The molecule has 2 aliphatic rings. The molecular formula is C24H28N4O. The minimum Gasteiger partial charge on any atom is -0.337 e. The summed E-state index contributed by atoms with van der Waals surface area (Å²) in [7, 11) is 0. The molecule has 2 fully saturated rings. The van der Waals surface area contributed by atoms with Gasteiger partial charge in [-0.05, 0) is 57.1 Å². The molecule has 1 amide bonds. The van der Waals surface area contributed by atoms with E-state index in [4.69, 9.17) is 0 Å². The van der Waals surface area contributed by atoms with Crippen LogP contribution in [0.25, 0.3) is 10.9 Å². The van der Waals surface area contributed by atoms with Crippen molar-refractivity contribution in [3.8, 4) is 0 Å². The van der Waals surface area contributed by atoms with Crippen molar-refractivity contribution in [3.63, 3.8) is 0 Å². The number of hydrogen-bond donors (Lipinski definition) is 0. The number of carbonyl (C=O) groups excluding carboxylic acids is 1. The molecule has 1 saturated heterocycles. The molecule has 5 rings (SSSR count). The predicted molar refractivity (Wildman–Crippen MR) is 114 cm³/mol. The van der Waals surface area contributed by atoms with E-state index in [1.165, 1.54) is 30.8 Å². The van der Waals surface area contributed by atoms with Crippen molar-refractivity contribution in [2.45, 2.75) is 51.5 Å². The smallest absolute Gasteiger partial charge is 0.272 e. The van der Waals surface area contributed by atoms with Gasteiger partial charge in [0.15, 0.2) is 0 Å². The summed E-state index contributed by atoms with van der Waals surface area (Å²) in [6.07, 6.45) is 7.93. The lowest BCUT2D eigenvalue weighted by Crippen LogP contribution is -2.39. The van der Waals surface area contributed by atoms with E-state index in [9.17, 15) is 4.79 Å². The van der Waals surface area contributed by atoms with Crippen molar-refractivity contribution < 1.29 is 4.79 Å². The normalized spacial score (nSPS) is 17.8. The first-order valence-corrected chi connectivity index (χ1v) is 10.9. The zero-order chi connectivity index (χ0) is 19.8. The van der Waals surface area contributed by atoms with Gasteiger partial charge in [0.2, 0.25) is 0 Å². The zero-order valence-corrected chi connectivity index (χ0v) is 17.1. The Labute approximate surface area is 171 Å². The first kappa shape index (κ1) is 18.3. The number of para-hydroxylation sites is 1. The van der Waals surface area contributed by atoms with E-state index in [1.807, 2.05) is 47.5 Å². The standard InChI is InChI=1S/C24H28N4O/c1-17-16-25-23(20-6-7-20)28(17)15-12-18-10-13-27(14-11-18)24(29)22-9-8-19-4-2-3-5-21(19)26-22/h2-5,8-9,16,18,20H,6-7,10-15H2,1H3. The number of aromatic nitrogens is 3. The Hall–Kier alpha value is -2.69. The predicted octanol–water partition coefficient (Wildman–Crippen LogP) is 4.56. The van der Waals surface area contributed by atoms with Gasteiger partial charge in [-0.3, -0.25) is 4.79 Å². The number of carbonyl (C=O) groups is 1. The third kappa shape index (κ3) is 3.78. The Morgan fingerprint density at radius 3 is 2.66 bits per heavy atom. The zero-order valence-electron chi connectivity index (χ0n) is 17.1. The molecule has 29 heavy (non-hydrogen) atoms. The second kappa shape index (κ2) is 7.62. The topological polar surface area (TPSA) is 51.0 Å². The molecule has 3 heterocycles. The number of amides is 1. The number of likely N-dealkylation sites (tertiary alicyclic amines) is 1. The Bertz CT molecular complexity index is 1030. The van der Waals surface area contributed by atoms with E-state index in [0.717, 1.165) is 43.4 Å². The van der Waals surface area contributed by atoms with Crippen LogP contribution in [0.15, 0.2) is 42.6 Å². The number of rotatable bonds is 5. The van der Waals surface area contributed by atoms with Gasteiger partial charge >= 0.3 is 0 Å². The summed E-state index contributed by atoms with van der Waals surface area (Å²) < 4.78 is 2.42. The fraction of sp³-hybridized carbons (Fsp3) is 0.458. The molecule has 2 aromatic heterocycles. The molecule has 1 aromatic carbocycles. The highest BCUT2D eigenvalue weighted by molar-refractivity contribution is 5.94. The minimum atomic E-state index is 0.0654. The quantitative estimate of drug-likeness (QED) is 0.644. The van der Waals surface area contributed by atoms with Gasteiger partial charge in [0.25, 0.3) is 5.91 Å². The molecule has 1 saturated carbocycles. The number of pyridine rings is 1. The lowest BCUT2D eigenvalue weighted by atomic mass is 9.93. The number of imidazole rings is 1. The first-order chi connectivity index (χ1) is 14.2. The second-order valence-corrected chi connectivity index (χ2v) is 8.60. The highest BCUT2D eigenvalue weighted by Gasteiger charge is 2.29. The maximum atomic E-state index is 12.9. The number of hydrogen-bond acceptors (Lipinski definition) is 3. The average Bonchev–Trinajstić information content (AvgIpc) is 3.54. The van der Waals surface area contributed by atoms with Crippen molar-refractivity contribution in [2.24, 2.45) is 5.92 Å². The SMILES string of the molecule is Cc1cnc(C2CC2)n1CCC1CCN(C(=O)c2ccc3ccccc3n2)CC1. The summed E-state index contributed by atoms with van der Waals surface area (Å²) in [6.45, 7) is 4.88. The van der Waals surface area contributed by atoms with Crippen LogP contribution in [0.1, 0.15) is 60.0 Å². The van der Waals surface area contributed by atoms with Gasteiger partial charge in [0.05, 0.1) is 5.52 Å². The molecule has 1 aliphatic heterocycles. The molecule has 0 spiro atoms. The van der Waals surface area contributed by atoms with E-state index < -0.39 is 0 Å². The monoisotopic (exact) mass is 388 g/mol. The number of piperidine rings is 1. The fourth-order valence-electron chi connectivity index (χ4n) is 4.52. The summed E-state index contributed by atoms with van der Waals surface area (Å²) in [4.78, 5) is 24.1. The lowest BCUT2D eigenvalue weighted by molar-refractivity contribution is 0.0679. The number of fused-ring (bicyclic) bond motifs is 1. The lowest BCUT2D eigenvalue weighted by Gasteiger charge is -2.32. The number of aryl methyl sites for hydroxylation is 1. The van der Waals surface area contributed by atoms with Crippen molar-refractivity contribution in [1.29, 1.82) is 0 Å². The summed E-state index contributed by atoms with van der Waals surface area (Å²) >= 11 is 0. The first-order valence-electron chi connectivity index (χ1n) is 10.9. The summed E-state index contributed by atoms with van der Waals surface area (Å²) in [5.74, 6) is 2.73. The van der Waals surface area contributed by atoms with Gasteiger partial charge in [-0.1, -0.05) is 24.3 Å². The van der Waals surface area contributed by atoms with E-state index in [2.05, 4.69) is 21.5 Å². The molecule has 0 atom stereocenters. The van der Waals surface area contributed by atoms with Crippen molar-refractivity contribution in [3.05, 3.63) is 59.8 Å². The molecular weight excluding hydrogens is 360 g/mol. The molecule has 5 nitrogen and oxygen atoms in total. The summed E-state index contributed by atoms with van der Waals surface area (Å²) in [6, 6.07) is 11.8. The molecule has 0 unspecified atom stereocenters. The third-order valence-electron chi connectivity index (χ3n) is 6.51. The average molecular weight is 389 g/mol.